The number of rotatable bonds is 4. The van der Waals surface area contributed by atoms with Gasteiger partial charge in [-0.05, 0) is 12.1 Å². The second kappa shape index (κ2) is 8.21. The van der Waals surface area contributed by atoms with E-state index in [0.717, 1.165) is 19.2 Å². The molecule has 0 bridgehead atoms. The number of halogens is 4. The molecule has 0 fully saturated rings. The van der Waals surface area contributed by atoms with Gasteiger partial charge in [0.1, 0.15) is 11.1 Å². The highest BCUT2D eigenvalue weighted by Crippen LogP contribution is 2.44. The fourth-order valence-corrected chi connectivity index (χ4v) is 2.83. The maximum Gasteiger partial charge on any atom is 0.416 e. The standard InChI is InChI=1S/C16H9ClF3N5O5/c1-23(15(22-26)8-2-4-10(5-3-8)16(18,19)20)13-11(24(27)28)6-9(7-21)12(17)14(13)25(29)30/h2-6,26H,1H3. The zero-order valence-corrected chi connectivity index (χ0v) is 15.5. The van der Waals surface area contributed by atoms with Crippen molar-refractivity contribution in [3.8, 4) is 6.07 Å². The lowest BCUT2D eigenvalue weighted by Crippen LogP contribution is -2.29. The molecule has 10 nitrogen and oxygen atoms in total. The van der Waals surface area contributed by atoms with E-state index in [1.165, 1.54) is 6.07 Å². The van der Waals surface area contributed by atoms with Crippen molar-refractivity contribution in [2.24, 2.45) is 5.16 Å². The number of alkyl halides is 3. The molecule has 0 aliphatic rings. The van der Waals surface area contributed by atoms with Gasteiger partial charge in [-0.15, -0.1) is 0 Å². The van der Waals surface area contributed by atoms with E-state index in [9.17, 15) is 38.6 Å². The SMILES string of the molecule is CN(C(=NO)c1ccc(C(F)(F)F)cc1)c1c([N+](=O)[O-])cc(C#N)c(Cl)c1[N+](=O)[O-]. The topological polar surface area (TPSA) is 146 Å². The lowest BCUT2D eigenvalue weighted by molar-refractivity contribution is -0.392. The van der Waals surface area contributed by atoms with Crippen LogP contribution in [0.5, 0.6) is 0 Å². The average Bonchev–Trinajstić information content (AvgIpc) is 2.67. The van der Waals surface area contributed by atoms with Crippen LogP contribution in [0.2, 0.25) is 5.02 Å². The minimum atomic E-state index is -4.64. The van der Waals surface area contributed by atoms with Gasteiger partial charge >= 0.3 is 17.6 Å². The highest BCUT2D eigenvalue weighted by molar-refractivity contribution is 6.35. The molecule has 2 aromatic carbocycles. The molecule has 1 N–H and O–H groups in total. The van der Waals surface area contributed by atoms with E-state index in [1.807, 2.05) is 0 Å². The third kappa shape index (κ3) is 4.08. The monoisotopic (exact) mass is 443 g/mol. The maximum absolute atomic E-state index is 12.7. The zero-order chi connectivity index (χ0) is 22.8. The van der Waals surface area contributed by atoms with Gasteiger partial charge in [0, 0.05) is 18.7 Å². The maximum atomic E-state index is 12.7. The van der Waals surface area contributed by atoms with Crippen LogP contribution in [0.1, 0.15) is 16.7 Å². The lowest BCUT2D eigenvalue weighted by Gasteiger charge is -2.21. The third-order valence-electron chi connectivity index (χ3n) is 3.91. The number of nitrogens with zero attached hydrogens (tertiary/aromatic N) is 5. The highest BCUT2D eigenvalue weighted by Gasteiger charge is 2.36. The Bertz CT molecular complexity index is 1100. The van der Waals surface area contributed by atoms with Gasteiger partial charge in [0.15, 0.2) is 5.84 Å². The van der Waals surface area contributed by atoms with E-state index in [4.69, 9.17) is 16.9 Å². The average molecular weight is 444 g/mol. The summed E-state index contributed by atoms with van der Waals surface area (Å²) in [4.78, 5) is 21.6. The van der Waals surface area contributed by atoms with Crippen LogP contribution in [-0.2, 0) is 6.18 Å². The van der Waals surface area contributed by atoms with Gasteiger partial charge < -0.3 is 10.1 Å². The number of oxime groups is 1. The molecular formula is C16H9ClF3N5O5. The molecule has 2 rings (SSSR count). The van der Waals surface area contributed by atoms with Crippen molar-refractivity contribution >= 4 is 34.5 Å². The summed E-state index contributed by atoms with van der Waals surface area (Å²) in [6.07, 6.45) is -4.64. The molecule has 14 heteroatoms. The van der Waals surface area contributed by atoms with Crippen LogP contribution in [0.15, 0.2) is 35.5 Å². The molecule has 30 heavy (non-hydrogen) atoms. The summed E-state index contributed by atoms with van der Waals surface area (Å²) in [5.74, 6) is -0.546. The fourth-order valence-electron chi connectivity index (χ4n) is 2.57. The van der Waals surface area contributed by atoms with Gasteiger partial charge in [0.25, 0.3) is 0 Å². The number of nitriles is 1. The second-order valence-corrected chi connectivity index (χ2v) is 6.02. The number of hydrogen-bond donors (Lipinski definition) is 1. The Hall–Kier alpha value is -3.92. The molecule has 0 aliphatic heterocycles. The molecule has 0 aromatic heterocycles. The largest absolute Gasteiger partial charge is 0.416 e. The van der Waals surface area contributed by atoms with Gasteiger partial charge in [-0.2, -0.15) is 18.4 Å². The molecule has 0 heterocycles. The van der Waals surface area contributed by atoms with Gasteiger partial charge in [-0.1, -0.05) is 28.9 Å². The van der Waals surface area contributed by atoms with Gasteiger partial charge in [0.2, 0.25) is 5.69 Å². The molecule has 0 radical (unpaired) electrons. The van der Waals surface area contributed by atoms with Crippen molar-refractivity contribution in [2.45, 2.75) is 6.18 Å². The van der Waals surface area contributed by atoms with Crippen LogP contribution in [0.4, 0.5) is 30.2 Å². The summed E-state index contributed by atoms with van der Waals surface area (Å²) in [6, 6.07) is 5.37. The molecule has 0 unspecified atom stereocenters. The van der Waals surface area contributed by atoms with E-state index >= 15 is 0 Å². The van der Waals surface area contributed by atoms with E-state index in [0.29, 0.717) is 23.1 Å². The van der Waals surface area contributed by atoms with Crippen LogP contribution < -0.4 is 4.90 Å². The molecule has 0 saturated heterocycles. The Morgan fingerprint density at radius 1 is 1.23 bits per heavy atom. The minimum absolute atomic E-state index is 0.142. The number of nitro groups is 2. The smallest absolute Gasteiger partial charge is 0.409 e. The second-order valence-electron chi connectivity index (χ2n) is 5.64. The summed E-state index contributed by atoms with van der Waals surface area (Å²) in [5.41, 5.74) is -4.34. The summed E-state index contributed by atoms with van der Waals surface area (Å²) in [7, 11) is 1.05. The lowest BCUT2D eigenvalue weighted by atomic mass is 10.1. The minimum Gasteiger partial charge on any atom is -0.409 e. The van der Waals surface area contributed by atoms with Crippen molar-refractivity contribution in [3.63, 3.8) is 0 Å². The first-order valence-electron chi connectivity index (χ1n) is 7.62. The Balaban J connectivity index is 2.73. The van der Waals surface area contributed by atoms with Crippen LogP contribution >= 0.6 is 11.6 Å². The molecule has 0 saturated carbocycles. The predicted octanol–water partition coefficient (Wildman–Crippen LogP) is 4.32. The van der Waals surface area contributed by atoms with Crippen LogP contribution in [0.25, 0.3) is 0 Å². The highest BCUT2D eigenvalue weighted by atomic mass is 35.5. The van der Waals surface area contributed by atoms with Crippen molar-refractivity contribution < 1.29 is 28.2 Å². The van der Waals surface area contributed by atoms with Crippen molar-refractivity contribution in [2.75, 3.05) is 11.9 Å². The van der Waals surface area contributed by atoms with Crippen molar-refractivity contribution in [1.82, 2.24) is 0 Å². The fraction of sp³-hybridized carbons (Fsp3) is 0.125. The van der Waals surface area contributed by atoms with Gasteiger partial charge in [-0.25, -0.2) is 0 Å². The first-order chi connectivity index (χ1) is 13.9. The van der Waals surface area contributed by atoms with Gasteiger partial charge in [-0.3, -0.25) is 20.2 Å². The zero-order valence-electron chi connectivity index (χ0n) is 14.7. The Morgan fingerprint density at radius 2 is 1.80 bits per heavy atom. The van der Waals surface area contributed by atoms with E-state index in [1.54, 1.807) is 0 Å². The first kappa shape index (κ1) is 22.4. The quantitative estimate of drug-likeness (QED) is 0.243. The number of amidine groups is 1. The normalized spacial score (nSPS) is 11.7. The molecule has 0 amide bonds. The van der Waals surface area contributed by atoms with Crippen LogP contribution in [-0.4, -0.2) is 27.9 Å². The number of anilines is 1. The van der Waals surface area contributed by atoms with Crippen LogP contribution in [0, 0.1) is 31.6 Å². The predicted molar refractivity (Wildman–Crippen MR) is 97.6 cm³/mol. The summed E-state index contributed by atoms with van der Waals surface area (Å²) in [6.45, 7) is 0. The van der Waals surface area contributed by atoms with E-state index < -0.39 is 55.1 Å². The first-order valence-corrected chi connectivity index (χ1v) is 8.00. The molecule has 0 spiro atoms. The summed E-state index contributed by atoms with van der Waals surface area (Å²) < 4.78 is 38.2. The number of benzene rings is 2. The van der Waals surface area contributed by atoms with Crippen molar-refractivity contribution in [3.05, 3.63) is 72.3 Å². The third-order valence-corrected chi connectivity index (χ3v) is 4.29. The molecular weight excluding hydrogens is 435 g/mol. The Kier molecular flexibility index (Phi) is 6.12. The molecule has 0 aliphatic carbocycles. The Morgan fingerprint density at radius 3 is 2.20 bits per heavy atom. The molecule has 0 atom stereocenters. The van der Waals surface area contributed by atoms with E-state index in [2.05, 4.69) is 5.16 Å². The molecule has 2 aromatic rings. The van der Waals surface area contributed by atoms with E-state index in [-0.39, 0.29) is 5.56 Å². The summed E-state index contributed by atoms with van der Waals surface area (Å²) >= 11 is 5.85. The summed E-state index contributed by atoms with van der Waals surface area (Å²) in [5, 5.41) is 43.6. The van der Waals surface area contributed by atoms with Crippen molar-refractivity contribution in [1.29, 1.82) is 5.26 Å². The van der Waals surface area contributed by atoms with Gasteiger partial charge in [0.05, 0.1) is 21.0 Å². The van der Waals surface area contributed by atoms with Crippen LogP contribution in [0.3, 0.4) is 0 Å². The number of hydrogen-bond acceptors (Lipinski definition) is 7. The molecule has 156 valence electrons. The number of nitro benzene ring substituents is 2. The Labute approximate surface area is 170 Å².